The lowest BCUT2D eigenvalue weighted by Gasteiger charge is -2.41. The highest BCUT2D eigenvalue weighted by Gasteiger charge is 2.33. The summed E-state index contributed by atoms with van der Waals surface area (Å²) in [6, 6.07) is 9.00. The topological polar surface area (TPSA) is 3.24 Å². The Labute approximate surface area is 128 Å². The van der Waals surface area contributed by atoms with E-state index in [1.807, 2.05) is 11.8 Å². The molecule has 0 bridgehead atoms. The van der Waals surface area contributed by atoms with Crippen LogP contribution in [0.2, 0.25) is 0 Å². The zero-order chi connectivity index (χ0) is 14.0. The van der Waals surface area contributed by atoms with Crippen LogP contribution in [0.25, 0.3) is 0 Å². The second kappa shape index (κ2) is 6.11. The van der Waals surface area contributed by atoms with E-state index < -0.39 is 0 Å². The molecule has 0 radical (unpaired) electrons. The molecule has 1 nitrogen and oxygen atoms in total. The van der Waals surface area contributed by atoms with Gasteiger partial charge in [-0.15, -0.1) is 11.8 Å². The molecule has 1 saturated heterocycles. The molecule has 1 unspecified atom stereocenters. The van der Waals surface area contributed by atoms with E-state index >= 15 is 0 Å². The van der Waals surface area contributed by atoms with Crippen molar-refractivity contribution < 1.29 is 0 Å². The number of hydrogen-bond acceptors (Lipinski definition) is 2. The van der Waals surface area contributed by atoms with Gasteiger partial charge in [-0.05, 0) is 43.0 Å². The van der Waals surface area contributed by atoms with Gasteiger partial charge in [-0.2, -0.15) is 0 Å². The lowest BCUT2D eigenvalue weighted by molar-refractivity contribution is 0.0925. The van der Waals surface area contributed by atoms with Crippen LogP contribution in [-0.4, -0.2) is 30.3 Å². The molecule has 1 aromatic rings. The van der Waals surface area contributed by atoms with Crippen LogP contribution in [-0.2, 0) is 0 Å². The van der Waals surface area contributed by atoms with Gasteiger partial charge in [0.25, 0.3) is 0 Å². The first-order valence-electron chi connectivity index (χ1n) is 8.20. The first-order chi connectivity index (χ1) is 9.76. The molecule has 0 saturated carbocycles. The average Bonchev–Trinajstić information content (AvgIpc) is 2.92. The molecular formula is C18H27NS. The summed E-state index contributed by atoms with van der Waals surface area (Å²) in [6.07, 6.45) is 5.53. The Morgan fingerprint density at radius 1 is 1.15 bits per heavy atom. The molecule has 0 N–H and O–H groups in total. The maximum absolute atomic E-state index is 2.72. The number of fused-ring (bicyclic) bond motifs is 1. The van der Waals surface area contributed by atoms with Crippen LogP contribution in [0.4, 0.5) is 0 Å². The van der Waals surface area contributed by atoms with E-state index in [9.17, 15) is 0 Å². The predicted octanol–water partition coefficient (Wildman–Crippen LogP) is 4.78. The highest BCUT2D eigenvalue weighted by molar-refractivity contribution is 7.99. The zero-order valence-corrected chi connectivity index (χ0v) is 13.7. The first kappa shape index (κ1) is 14.5. The molecule has 2 heterocycles. The second-order valence-corrected chi connectivity index (χ2v) is 7.62. The SMILES string of the molecule is CCC1(CC)CCN(CC2CSc3ccccc32)CC1. The Kier molecular flexibility index (Phi) is 4.42. The van der Waals surface area contributed by atoms with Crippen molar-refractivity contribution in [3.05, 3.63) is 29.8 Å². The summed E-state index contributed by atoms with van der Waals surface area (Å²) in [6.45, 7) is 8.65. The average molecular weight is 289 g/mol. The van der Waals surface area contributed by atoms with Gasteiger partial charge in [0.05, 0.1) is 0 Å². The number of rotatable bonds is 4. The molecule has 2 aliphatic rings. The number of benzene rings is 1. The number of nitrogens with zero attached hydrogens (tertiary/aromatic N) is 1. The van der Waals surface area contributed by atoms with Crippen LogP contribution >= 0.6 is 11.8 Å². The molecule has 20 heavy (non-hydrogen) atoms. The zero-order valence-electron chi connectivity index (χ0n) is 12.9. The van der Waals surface area contributed by atoms with Crippen LogP contribution in [0, 0.1) is 5.41 Å². The summed E-state index contributed by atoms with van der Waals surface area (Å²) >= 11 is 2.05. The van der Waals surface area contributed by atoms with E-state index in [1.165, 1.54) is 56.0 Å². The maximum atomic E-state index is 2.72. The highest BCUT2D eigenvalue weighted by atomic mass is 32.2. The molecular weight excluding hydrogens is 262 g/mol. The molecule has 0 aliphatic carbocycles. The van der Waals surface area contributed by atoms with Crippen molar-refractivity contribution in [2.45, 2.75) is 50.3 Å². The van der Waals surface area contributed by atoms with Gasteiger partial charge < -0.3 is 4.90 Å². The lowest BCUT2D eigenvalue weighted by Crippen LogP contribution is -2.41. The van der Waals surface area contributed by atoms with E-state index in [0.29, 0.717) is 5.41 Å². The van der Waals surface area contributed by atoms with Gasteiger partial charge in [0.1, 0.15) is 0 Å². The van der Waals surface area contributed by atoms with Crippen molar-refractivity contribution in [3.63, 3.8) is 0 Å². The third-order valence-electron chi connectivity index (χ3n) is 5.69. The normalized spacial score (nSPS) is 25.6. The van der Waals surface area contributed by atoms with Crippen molar-refractivity contribution in [2.24, 2.45) is 5.41 Å². The monoisotopic (exact) mass is 289 g/mol. The highest BCUT2D eigenvalue weighted by Crippen LogP contribution is 2.42. The van der Waals surface area contributed by atoms with E-state index in [-0.39, 0.29) is 0 Å². The van der Waals surface area contributed by atoms with Crippen molar-refractivity contribution in [1.82, 2.24) is 4.90 Å². The molecule has 110 valence electrons. The van der Waals surface area contributed by atoms with Gasteiger partial charge >= 0.3 is 0 Å². The minimum atomic E-state index is 0.652. The summed E-state index contributed by atoms with van der Waals surface area (Å²) < 4.78 is 0. The van der Waals surface area contributed by atoms with Crippen LogP contribution in [0.1, 0.15) is 51.0 Å². The van der Waals surface area contributed by atoms with Crippen molar-refractivity contribution >= 4 is 11.8 Å². The molecule has 0 aromatic heterocycles. The molecule has 1 aromatic carbocycles. The molecule has 3 rings (SSSR count). The Morgan fingerprint density at radius 3 is 2.55 bits per heavy atom. The van der Waals surface area contributed by atoms with Crippen molar-refractivity contribution in [2.75, 3.05) is 25.4 Å². The fraction of sp³-hybridized carbons (Fsp3) is 0.667. The van der Waals surface area contributed by atoms with Gasteiger partial charge in [-0.25, -0.2) is 0 Å². The molecule has 0 amide bonds. The Balaban J connectivity index is 1.59. The summed E-state index contributed by atoms with van der Waals surface area (Å²) in [5, 5.41) is 0. The third-order valence-corrected chi connectivity index (χ3v) is 6.95. The lowest BCUT2D eigenvalue weighted by atomic mass is 9.74. The fourth-order valence-corrected chi connectivity index (χ4v) is 5.10. The van der Waals surface area contributed by atoms with Gasteiger partial charge in [-0.3, -0.25) is 0 Å². The molecule has 0 spiro atoms. The largest absolute Gasteiger partial charge is 0.303 e. The number of likely N-dealkylation sites (tertiary alicyclic amines) is 1. The minimum Gasteiger partial charge on any atom is -0.303 e. The summed E-state index contributed by atoms with van der Waals surface area (Å²) in [7, 11) is 0. The Hall–Kier alpha value is -0.470. The molecule has 2 heteroatoms. The Bertz CT molecular complexity index is 442. The molecule has 2 aliphatic heterocycles. The van der Waals surface area contributed by atoms with Gasteiger partial charge in [0, 0.05) is 23.1 Å². The predicted molar refractivity (Wildman–Crippen MR) is 88.6 cm³/mol. The van der Waals surface area contributed by atoms with Crippen molar-refractivity contribution in [1.29, 1.82) is 0 Å². The number of hydrogen-bond donors (Lipinski definition) is 0. The summed E-state index contributed by atoms with van der Waals surface area (Å²) in [5.74, 6) is 2.04. The van der Waals surface area contributed by atoms with E-state index in [1.54, 1.807) is 5.56 Å². The Morgan fingerprint density at radius 2 is 1.85 bits per heavy atom. The van der Waals surface area contributed by atoms with Crippen LogP contribution in [0.5, 0.6) is 0 Å². The third kappa shape index (κ3) is 2.78. The molecule has 1 atom stereocenters. The van der Waals surface area contributed by atoms with Gasteiger partial charge in [0.15, 0.2) is 0 Å². The van der Waals surface area contributed by atoms with E-state index in [4.69, 9.17) is 0 Å². The summed E-state index contributed by atoms with van der Waals surface area (Å²) in [5.41, 5.74) is 2.25. The quantitative estimate of drug-likeness (QED) is 0.785. The van der Waals surface area contributed by atoms with Crippen LogP contribution < -0.4 is 0 Å². The summed E-state index contributed by atoms with van der Waals surface area (Å²) in [4.78, 5) is 4.24. The minimum absolute atomic E-state index is 0.652. The first-order valence-corrected chi connectivity index (χ1v) is 9.19. The smallest absolute Gasteiger partial charge is 0.0108 e. The van der Waals surface area contributed by atoms with E-state index in [2.05, 4.69) is 43.0 Å². The van der Waals surface area contributed by atoms with Crippen molar-refractivity contribution in [3.8, 4) is 0 Å². The second-order valence-electron chi connectivity index (χ2n) is 6.55. The van der Waals surface area contributed by atoms with Crippen LogP contribution in [0.15, 0.2) is 29.2 Å². The van der Waals surface area contributed by atoms with E-state index in [0.717, 1.165) is 5.92 Å². The number of piperidine rings is 1. The fourth-order valence-electron chi connectivity index (χ4n) is 3.86. The maximum Gasteiger partial charge on any atom is 0.0108 e. The standard InChI is InChI=1S/C18H27NS/c1-3-18(4-2)9-11-19(12-10-18)13-15-14-20-17-8-6-5-7-16(15)17/h5-8,15H,3-4,9-14H2,1-2H3. The van der Waals surface area contributed by atoms with Gasteiger partial charge in [-0.1, -0.05) is 44.9 Å². The molecule has 1 fully saturated rings. The number of thioether (sulfide) groups is 1. The van der Waals surface area contributed by atoms with Crippen LogP contribution in [0.3, 0.4) is 0 Å². The van der Waals surface area contributed by atoms with Gasteiger partial charge in [0.2, 0.25) is 0 Å².